The van der Waals surface area contributed by atoms with Crippen LogP contribution < -0.4 is 4.18 Å². The fourth-order valence-electron chi connectivity index (χ4n) is 2.68. The lowest BCUT2D eigenvalue weighted by atomic mass is 10.1. The van der Waals surface area contributed by atoms with Gasteiger partial charge in [-0.05, 0) is 17.9 Å². The second-order valence-electron chi connectivity index (χ2n) is 5.94. The van der Waals surface area contributed by atoms with E-state index in [4.69, 9.17) is 4.18 Å². The van der Waals surface area contributed by atoms with Gasteiger partial charge in [0.05, 0.1) is 5.75 Å². The number of fused-ring (bicyclic) bond motifs is 1. The molecule has 0 fully saturated rings. The highest BCUT2D eigenvalue weighted by Gasteiger charge is 2.14. The van der Waals surface area contributed by atoms with Gasteiger partial charge in [0.25, 0.3) is 0 Å². The molecule has 0 N–H and O–H groups in total. The van der Waals surface area contributed by atoms with Gasteiger partial charge in [0.15, 0.2) is 0 Å². The van der Waals surface area contributed by atoms with Crippen molar-refractivity contribution in [3.8, 4) is 5.75 Å². The van der Waals surface area contributed by atoms with Crippen molar-refractivity contribution in [3.05, 3.63) is 42.5 Å². The van der Waals surface area contributed by atoms with Crippen molar-refractivity contribution in [1.29, 1.82) is 0 Å². The molecule has 0 bridgehead atoms. The van der Waals surface area contributed by atoms with Crippen LogP contribution in [0, 0.1) is 0 Å². The van der Waals surface area contributed by atoms with Gasteiger partial charge in [-0.25, -0.2) is 0 Å². The third-order valence-electron chi connectivity index (χ3n) is 3.96. The number of hydrogen-bond donors (Lipinski definition) is 0. The molecule has 0 saturated carbocycles. The second kappa shape index (κ2) is 8.92. The molecule has 23 heavy (non-hydrogen) atoms. The van der Waals surface area contributed by atoms with Crippen LogP contribution in [0.5, 0.6) is 5.75 Å². The van der Waals surface area contributed by atoms with E-state index >= 15 is 0 Å². The van der Waals surface area contributed by atoms with E-state index in [9.17, 15) is 8.42 Å². The Morgan fingerprint density at radius 1 is 0.826 bits per heavy atom. The van der Waals surface area contributed by atoms with Gasteiger partial charge in [-0.1, -0.05) is 81.8 Å². The van der Waals surface area contributed by atoms with Crippen molar-refractivity contribution < 1.29 is 12.6 Å². The van der Waals surface area contributed by atoms with Crippen molar-refractivity contribution in [1.82, 2.24) is 0 Å². The van der Waals surface area contributed by atoms with E-state index < -0.39 is 10.1 Å². The summed E-state index contributed by atoms with van der Waals surface area (Å²) in [5, 5.41) is 1.81. The predicted molar refractivity (Wildman–Crippen MR) is 96.4 cm³/mol. The van der Waals surface area contributed by atoms with Gasteiger partial charge in [0, 0.05) is 5.39 Å². The molecule has 126 valence electrons. The molecule has 4 heteroatoms. The third-order valence-corrected chi connectivity index (χ3v) is 5.19. The van der Waals surface area contributed by atoms with Crippen LogP contribution in [0.4, 0.5) is 0 Å². The molecule has 0 aliphatic heterocycles. The van der Waals surface area contributed by atoms with E-state index in [-0.39, 0.29) is 5.75 Å². The summed E-state index contributed by atoms with van der Waals surface area (Å²) < 4.78 is 29.6. The average molecular weight is 334 g/mol. The number of hydrogen-bond acceptors (Lipinski definition) is 3. The molecule has 0 atom stereocenters. The van der Waals surface area contributed by atoms with Crippen LogP contribution in [0.15, 0.2) is 42.5 Å². The summed E-state index contributed by atoms with van der Waals surface area (Å²) in [6.07, 6.45) is 7.65. The Kier molecular flexibility index (Phi) is 6.90. The largest absolute Gasteiger partial charge is 0.382 e. The molecular weight excluding hydrogens is 308 g/mol. The summed E-state index contributed by atoms with van der Waals surface area (Å²) in [4.78, 5) is 0. The first-order valence-electron chi connectivity index (χ1n) is 8.52. The van der Waals surface area contributed by atoms with Gasteiger partial charge in [-0.3, -0.25) is 0 Å². The lowest BCUT2D eigenvalue weighted by Gasteiger charge is -2.09. The molecule has 0 aliphatic rings. The topological polar surface area (TPSA) is 43.4 Å². The van der Waals surface area contributed by atoms with Gasteiger partial charge in [0.2, 0.25) is 0 Å². The molecular formula is C19H26O3S. The molecule has 2 rings (SSSR count). The van der Waals surface area contributed by atoms with Crippen LogP contribution in [-0.2, 0) is 10.1 Å². The molecule has 0 spiro atoms. The molecule has 0 heterocycles. The van der Waals surface area contributed by atoms with E-state index in [1.54, 1.807) is 6.07 Å². The fraction of sp³-hybridized carbons (Fsp3) is 0.474. The monoisotopic (exact) mass is 334 g/mol. The van der Waals surface area contributed by atoms with Crippen LogP contribution in [-0.4, -0.2) is 14.2 Å². The van der Waals surface area contributed by atoms with E-state index in [0.717, 1.165) is 23.6 Å². The lowest BCUT2D eigenvalue weighted by molar-refractivity contribution is 0.484. The third kappa shape index (κ3) is 5.87. The highest BCUT2D eigenvalue weighted by Crippen LogP contribution is 2.26. The van der Waals surface area contributed by atoms with E-state index in [0.29, 0.717) is 12.2 Å². The maximum absolute atomic E-state index is 12.2. The summed E-state index contributed by atoms with van der Waals surface area (Å²) >= 11 is 0. The van der Waals surface area contributed by atoms with Crippen LogP contribution in [0.1, 0.15) is 51.9 Å². The molecule has 2 aromatic rings. The highest BCUT2D eigenvalue weighted by molar-refractivity contribution is 7.87. The van der Waals surface area contributed by atoms with Gasteiger partial charge >= 0.3 is 10.1 Å². The minimum absolute atomic E-state index is 0.0873. The number of unbranched alkanes of at least 4 members (excludes halogenated alkanes) is 6. The van der Waals surface area contributed by atoms with Crippen LogP contribution >= 0.6 is 0 Å². The predicted octanol–water partition coefficient (Wildman–Crippen LogP) is 5.30. The summed E-state index contributed by atoms with van der Waals surface area (Å²) in [5.74, 6) is 0.510. The highest BCUT2D eigenvalue weighted by atomic mass is 32.2. The number of benzene rings is 2. The Labute approximate surface area is 139 Å². The van der Waals surface area contributed by atoms with Crippen molar-refractivity contribution >= 4 is 20.9 Å². The zero-order valence-electron chi connectivity index (χ0n) is 13.8. The van der Waals surface area contributed by atoms with Crippen molar-refractivity contribution in [3.63, 3.8) is 0 Å². The molecule has 0 aromatic heterocycles. The Hall–Kier alpha value is -1.55. The first-order chi connectivity index (χ1) is 11.1. The normalized spacial score (nSPS) is 11.7. The van der Waals surface area contributed by atoms with Crippen molar-refractivity contribution in [2.24, 2.45) is 0 Å². The zero-order chi connectivity index (χ0) is 16.5. The van der Waals surface area contributed by atoms with Crippen LogP contribution in [0.3, 0.4) is 0 Å². The Balaban J connectivity index is 1.86. The average Bonchev–Trinajstić information content (AvgIpc) is 2.54. The number of rotatable bonds is 10. The Morgan fingerprint density at radius 3 is 2.26 bits per heavy atom. The molecule has 0 amide bonds. The Bertz CT molecular complexity index is 702. The fourth-order valence-corrected chi connectivity index (χ4v) is 3.74. The molecule has 0 aliphatic carbocycles. The maximum atomic E-state index is 12.2. The van der Waals surface area contributed by atoms with Crippen molar-refractivity contribution in [2.75, 3.05) is 5.75 Å². The minimum Gasteiger partial charge on any atom is -0.382 e. The molecule has 2 aromatic carbocycles. The first-order valence-corrected chi connectivity index (χ1v) is 10.1. The maximum Gasteiger partial charge on any atom is 0.309 e. The molecule has 0 radical (unpaired) electrons. The first kappa shape index (κ1) is 17.8. The quantitative estimate of drug-likeness (QED) is 0.437. The van der Waals surface area contributed by atoms with Gasteiger partial charge in [-0.2, -0.15) is 8.42 Å². The van der Waals surface area contributed by atoms with Crippen LogP contribution in [0.25, 0.3) is 10.8 Å². The zero-order valence-corrected chi connectivity index (χ0v) is 14.6. The summed E-state index contributed by atoms with van der Waals surface area (Å²) in [6, 6.07) is 13.1. The van der Waals surface area contributed by atoms with E-state index in [1.807, 2.05) is 36.4 Å². The molecule has 3 nitrogen and oxygen atoms in total. The van der Waals surface area contributed by atoms with Crippen molar-refractivity contribution in [2.45, 2.75) is 51.9 Å². The second-order valence-corrected chi connectivity index (χ2v) is 7.63. The minimum atomic E-state index is -3.52. The lowest BCUT2D eigenvalue weighted by Crippen LogP contribution is -2.14. The van der Waals surface area contributed by atoms with E-state index in [2.05, 4.69) is 6.92 Å². The smallest absolute Gasteiger partial charge is 0.309 e. The van der Waals surface area contributed by atoms with Crippen LogP contribution in [0.2, 0.25) is 0 Å². The Morgan fingerprint density at radius 2 is 1.48 bits per heavy atom. The van der Waals surface area contributed by atoms with Gasteiger partial charge in [0.1, 0.15) is 5.75 Å². The summed E-state index contributed by atoms with van der Waals surface area (Å²) in [6.45, 7) is 2.19. The SMILES string of the molecule is CCCCCCCCCS(=O)(=O)Oc1cccc2ccccc12. The van der Waals surface area contributed by atoms with E-state index in [1.165, 1.54) is 25.7 Å². The van der Waals surface area contributed by atoms with Gasteiger partial charge in [-0.15, -0.1) is 0 Å². The summed E-state index contributed by atoms with van der Waals surface area (Å²) in [7, 11) is -3.52. The van der Waals surface area contributed by atoms with Gasteiger partial charge < -0.3 is 4.18 Å². The molecule has 0 saturated heterocycles. The molecule has 0 unspecified atom stereocenters. The standard InChI is InChI=1S/C19H26O3S/c1-2-3-4-5-6-7-10-16-23(20,21)22-19-15-11-13-17-12-8-9-14-18(17)19/h8-9,11-15H,2-7,10,16H2,1H3. The summed E-state index contributed by atoms with van der Waals surface area (Å²) in [5.41, 5.74) is 0.